The fourth-order valence-corrected chi connectivity index (χ4v) is 4.04. The predicted molar refractivity (Wildman–Crippen MR) is 127 cm³/mol. The molecule has 7 nitrogen and oxygen atoms in total. The van der Waals surface area contributed by atoms with E-state index >= 15 is 0 Å². The molecule has 9 heteroatoms. The highest BCUT2D eigenvalue weighted by Crippen LogP contribution is 2.22. The van der Waals surface area contributed by atoms with Crippen LogP contribution in [0.4, 0.5) is 0 Å². The summed E-state index contributed by atoms with van der Waals surface area (Å²) in [5.74, 6) is -0.230. The van der Waals surface area contributed by atoms with Crippen molar-refractivity contribution in [2.75, 3.05) is 5.75 Å². The number of hydrazone groups is 1. The van der Waals surface area contributed by atoms with Crippen molar-refractivity contribution >= 4 is 50.7 Å². The number of rotatable bonds is 6. The molecule has 31 heavy (non-hydrogen) atoms. The third kappa shape index (κ3) is 4.78. The summed E-state index contributed by atoms with van der Waals surface area (Å²) in [5, 5.41) is 4.95. The summed E-state index contributed by atoms with van der Waals surface area (Å²) in [7, 11) is 1.89. The van der Waals surface area contributed by atoms with Crippen molar-refractivity contribution in [1.29, 1.82) is 0 Å². The van der Waals surface area contributed by atoms with Gasteiger partial charge in [-0.25, -0.2) is 10.4 Å². The number of amides is 1. The Morgan fingerprint density at radius 2 is 1.94 bits per heavy atom. The van der Waals surface area contributed by atoms with Crippen LogP contribution in [-0.2, 0) is 11.8 Å². The molecule has 0 aliphatic rings. The first-order chi connectivity index (χ1) is 15.0. The second kappa shape index (κ2) is 9.32. The number of nitrogens with zero attached hydrogens (tertiary/aromatic N) is 4. The maximum Gasteiger partial charge on any atom is 0.266 e. The molecule has 0 fully saturated rings. The fourth-order valence-electron chi connectivity index (χ4n) is 2.97. The van der Waals surface area contributed by atoms with Crippen LogP contribution in [0.25, 0.3) is 16.6 Å². The first-order valence-corrected chi connectivity index (χ1v) is 11.1. The molecular weight excluding hydrogens is 478 g/mol. The standard InChI is InChI=1S/C22H18BrN5O2S/c1-27-12-4-5-17(27)13-24-26-20(29)14-31-22-25-19-7-3-2-6-18(19)21(30)28(22)16-10-8-15(23)9-11-16/h2-13H,14H2,1H3,(H,26,29). The van der Waals surface area contributed by atoms with Gasteiger partial charge in [0.15, 0.2) is 5.16 Å². The van der Waals surface area contributed by atoms with E-state index in [9.17, 15) is 9.59 Å². The summed E-state index contributed by atoms with van der Waals surface area (Å²) < 4.78 is 4.32. The fraction of sp³-hybridized carbons (Fsp3) is 0.0909. The van der Waals surface area contributed by atoms with E-state index in [1.165, 1.54) is 16.3 Å². The zero-order valence-electron chi connectivity index (χ0n) is 16.5. The molecule has 0 radical (unpaired) electrons. The van der Waals surface area contributed by atoms with Crippen LogP contribution in [0.2, 0.25) is 0 Å². The summed E-state index contributed by atoms with van der Waals surface area (Å²) >= 11 is 4.59. The topological polar surface area (TPSA) is 81.3 Å². The average Bonchev–Trinajstić information content (AvgIpc) is 3.18. The second-order valence-electron chi connectivity index (χ2n) is 6.65. The van der Waals surface area contributed by atoms with Gasteiger partial charge in [-0.1, -0.05) is 39.8 Å². The SMILES string of the molecule is Cn1cccc1C=NNC(=O)CSc1nc2ccccc2c(=O)n1-c1ccc(Br)cc1. The minimum Gasteiger partial charge on any atom is -0.350 e. The molecule has 2 heterocycles. The van der Waals surface area contributed by atoms with Crippen molar-refractivity contribution in [1.82, 2.24) is 19.5 Å². The van der Waals surface area contributed by atoms with Crippen molar-refractivity contribution in [2.45, 2.75) is 5.16 Å². The van der Waals surface area contributed by atoms with E-state index in [-0.39, 0.29) is 17.2 Å². The van der Waals surface area contributed by atoms with Gasteiger partial charge in [0.05, 0.1) is 34.3 Å². The Balaban J connectivity index is 1.59. The quantitative estimate of drug-likeness (QED) is 0.191. The monoisotopic (exact) mass is 495 g/mol. The van der Waals surface area contributed by atoms with E-state index in [4.69, 9.17) is 0 Å². The Morgan fingerprint density at radius 1 is 1.16 bits per heavy atom. The van der Waals surface area contributed by atoms with Crippen LogP contribution in [0, 0.1) is 0 Å². The van der Waals surface area contributed by atoms with Gasteiger partial charge in [-0.2, -0.15) is 5.10 Å². The van der Waals surface area contributed by atoms with Crippen LogP contribution in [0.1, 0.15) is 5.69 Å². The first-order valence-electron chi connectivity index (χ1n) is 9.37. The number of hydrogen-bond donors (Lipinski definition) is 1. The molecule has 0 atom stereocenters. The third-order valence-electron chi connectivity index (χ3n) is 4.53. The van der Waals surface area contributed by atoms with Crippen LogP contribution >= 0.6 is 27.7 Å². The van der Waals surface area contributed by atoms with Crippen LogP contribution < -0.4 is 11.0 Å². The lowest BCUT2D eigenvalue weighted by Crippen LogP contribution is -2.24. The molecule has 4 aromatic rings. The number of thioether (sulfide) groups is 1. The number of para-hydroxylation sites is 1. The highest BCUT2D eigenvalue weighted by molar-refractivity contribution is 9.10. The molecule has 0 aliphatic heterocycles. The van der Waals surface area contributed by atoms with Crippen molar-refractivity contribution < 1.29 is 4.79 Å². The van der Waals surface area contributed by atoms with E-state index in [0.717, 1.165) is 10.2 Å². The van der Waals surface area contributed by atoms with Gasteiger partial charge in [-0.15, -0.1) is 0 Å². The number of carbonyl (C=O) groups is 1. The molecule has 1 amide bonds. The summed E-state index contributed by atoms with van der Waals surface area (Å²) in [6, 6.07) is 18.3. The number of hydrogen-bond acceptors (Lipinski definition) is 5. The molecule has 156 valence electrons. The predicted octanol–water partition coefficient (Wildman–Crippen LogP) is 3.73. The van der Waals surface area contributed by atoms with E-state index < -0.39 is 0 Å². The van der Waals surface area contributed by atoms with E-state index in [1.54, 1.807) is 18.3 Å². The van der Waals surface area contributed by atoms with Gasteiger partial charge in [0.2, 0.25) is 0 Å². The average molecular weight is 496 g/mol. The molecule has 2 aromatic heterocycles. The lowest BCUT2D eigenvalue weighted by atomic mass is 10.2. The van der Waals surface area contributed by atoms with Gasteiger partial charge in [-0.05, 0) is 48.5 Å². The van der Waals surface area contributed by atoms with Gasteiger partial charge in [0.1, 0.15) is 0 Å². The highest BCUT2D eigenvalue weighted by Gasteiger charge is 2.14. The maximum absolute atomic E-state index is 13.2. The Kier molecular flexibility index (Phi) is 6.34. The number of halogens is 1. The molecule has 2 aromatic carbocycles. The zero-order chi connectivity index (χ0) is 21.8. The number of carbonyl (C=O) groups excluding carboxylic acids is 1. The van der Waals surface area contributed by atoms with Crippen molar-refractivity contribution in [3.63, 3.8) is 0 Å². The number of benzene rings is 2. The molecule has 1 N–H and O–H groups in total. The van der Waals surface area contributed by atoms with Crippen LogP contribution in [-0.4, -0.2) is 32.0 Å². The normalized spacial score (nSPS) is 11.3. The first kappa shape index (κ1) is 21.1. The molecule has 0 aliphatic carbocycles. The van der Waals surface area contributed by atoms with Crippen LogP contribution in [0.3, 0.4) is 0 Å². The summed E-state index contributed by atoms with van der Waals surface area (Å²) in [5.41, 5.74) is 4.46. The number of aryl methyl sites for hydroxylation is 1. The van der Waals surface area contributed by atoms with E-state index in [2.05, 4.69) is 31.4 Å². The second-order valence-corrected chi connectivity index (χ2v) is 8.51. The molecule has 0 saturated heterocycles. The molecule has 0 bridgehead atoms. The van der Waals surface area contributed by atoms with Crippen molar-refractivity contribution in [2.24, 2.45) is 12.1 Å². The van der Waals surface area contributed by atoms with Crippen molar-refractivity contribution in [3.8, 4) is 5.69 Å². The minimum absolute atomic E-state index is 0.0613. The zero-order valence-corrected chi connectivity index (χ0v) is 18.9. The lowest BCUT2D eigenvalue weighted by molar-refractivity contribution is -0.118. The number of aromatic nitrogens is 3. The molecule has 0 saturated carbocycles. The van der Waals surface area contributed by atoms with Gasteiger partial charge in [-0.3, -0.25) is 14.2 Å². The van der Waals surface area contributed by atoms with E-state index in [0.29, 0.717) is 21.7 Å². The smallest absolute Gasteiger partial charge is 0.266 e. The third-order valence-corrected chi connectivity index (χ3v) is 6.00. The van der Waals surface area contributed by atoms with Gasteiger partial charge >= 0.3 is 0 Å². The van der Waals surface area contributed by atoms with Gasteiger partial charge in [0.25, 0.3) is 11.5 Å². The maximum atomic E-state index is 13.2. The Labute approximate surface area is 190 Å². The summed E-state index contributed by atoms with van der Waals surface area (Å²) in [6.07, 6.45) is 3.47. The van der Waals surface area contributed by atoms with E-state index in [1.807, 2.05) is 66.3 Å². The Morgan fingerprint density at radius 3 is 2.68 bits per heavy atom. The molecule has 0 spiro atoms. The highest BCUT2D eigenvalue weighted by atomic mass is 79.9. The van der Waals surface area contributed by atoms with Gasteiger partial charge in [0, 0.05) is 17.7 Å². The Hall–Kier alpha value is -3.17. The molecule has 4 rings (SSSR count). The van der Waals surface area contributed by atoms with Gasteiger partial charge < -0.3 is 4.57 Å². The molecular formula is C22H18BrN5O2S. The van der Waals surface area contributed by atoms with Crippen LogP contribution in [0.15, 0.2) is 86.4 Å². The number of fused-ring (bicyclic) bond motifs is 1. The Bertz CT molecular complexity index is 1330. The van der Waals surface area contributed by atoms with Crippen molar-refractivity contribution in [3.05, 3.63) is 87.4 Å². The summed E-state index contributed by atoms with van der Waals surface area (Å²) in [4.78, 5) is 30.1. The largest absolute Gasteiger partial charge is 0.350 e. The summed E-state index contributed by atoms with van der Waals surface area (Å²) in [6.45, 7) is 0. The minimum atomic E-state index is -0.291. The van der Waals surface area contributed by atoms with Crippen LogP contribution in [0.5, 0.6) is 0 Å². The molecule has 0 unspecified atom stereocenters. The number of nitrogens with one attached hydrogen (secondary N) is 1. The lowest BCUT2D eigenvalue weighted by Gasteiger charge is -2.13.